The summed E-state index contributed by atoms with van der Waals surface area (Å²) in [4.78, 5) is 8.65. The Morgan fingerprint density at radius 2 is 2.20 bits per heavy atom. The van der Waals surface area contributed by atoms with Gasteiger partial charge in [-0.25, -0.2) is 18.1 Å². The average molecular weight is 377 g/mol. The molecule has 0 radical (unpaired) electrons. The molecule has 0 aliphatic heterocycles. The van der Waals surface area contributed by atoms with E-state index >= 15 is 0 Å². The summed E-state index contributed by atoms with van der Waals surface area (Å²) >= 11 is 1.22. The van der Waals surface area contributed by atoms with Crippen LogP contribution in [0.5, 0.6) is 0 Å². The van der Waals surface area contributed by atoms with Crippen LogP contribution in [0.1, 0.15) is 31.4 Å². The number of pyridine rings is 1. The fourth-order valence-corrected chi connectivity index (χ4v) is 5.30. The molecule has 6 nitrogen and oxygen atoms in total. The van der Waals surface area contributed by atoms with Crippen LogP contribution in [0.25, 0.3) is 21.5 Å². The van der Waals surface area contributed by atoms with E-state index in [-0.39, 0.29) is 10.8 Å². The topological polar surface area (TPSA) is 95.1 Å². The number of aromatic nitrogens is 2. The van der Waals surface area contributed by atoms with Crippen molar-refractivity contribution in [3.63, 3.8) is 0 Å². The molecule has 0 amide bonds. The fourth-order valence-electron chi connectivity index (χ4n) is 2.79. The average Bonchev–Trinajstić information content (AvgIpc) is 3.13. The molecule has 0 saturated heterocycles. The quantitative estimate of drug-likeness (QED) is 0.615. The normalized spacial score (nSPS) is 16.4. The molecule has 1 saturated carbocycles. The van der Waals surface area contributed by atoms with Gasteiger partial charge in [0.25, 0.3) is 0 Å². The maximum Gasteiger partial charge on any atom is 0.250 e. The molecule has 0 aromatic carbocycles. The second kappa shape index (κ2) is 6.21. The first-order valence-corrected chi connectivity index (χ1v) is 10.5. The third-order valence-corrected chi connectivity index (χ3v) is 7.28. The van der Waals surface area contributed by atoms with Crippen LogP contribution in [-0.2, 0) is 10.0 Å². The maximum absolute atomic E-state index is 12.3. The van der Waals surface area contributed by atoms with Gasteiger partial charge in [0.05, 0.1) is 6.10 Å². The molecular formula is C17H19N3O3S2. The van der Waals surface area contributed by atoms with E-state index in [0.717, 1.165) is 21.5 Å². The number of H-pyrrole nitrogens is 1. The highest BCUT2D eigenvalue weighted by Gasteiger charge is 2.26. The highest BCUT2D eigenvalue weighted by Crippen LogP contribution is 2.42. The minimum atomic E-state index is -3.61. The van der Waals surface area contributed by atoms with Crippen LogP contribution in [0.15, 0.2) is 34.7 Å². The van der Waals surface area contributed by atoms with E-state index in [0.29, 0.717) is 5.92 Å². The van der Waals surface area contributed by atoms with Crippen LogP contribution in [-0.4, -0.2) is 36.1 Å². The molecule has 1 aliphatic rings. The third kappa shape index (κ3) is 3.35. The smallest absolute Gasteiger partial charge is 0.250 e. The number of rotatable bonds is 6. The molecule has 0 bridgehead atoms. The zero-order valence-corrected chi connectivity index (χ0v) is 15.3. The molecule has 132 valence electrons. The molecule has 1 unspecified atom stereocenters. The molecule has 0 spiro atoms. The number of aliphatic hydroxyl groups is 1. The minimum Gasteiger partial charge on any atom is -0.392 e. The Bertz CT molecular complexity index is 1020. The summed E-state index contributed by atoms with van der Waals surface area (Å²) in [7, 11) is -3.61. The molecule has 3 heterocycles. The number of hydrogen-bond donors (Lipinski definition) is 3. The lowest BCUT2D eigenvalue weighted by atomic mass is 10.1. The van der Waals surface area contributed by atoms with Gasteiger partial charge in [-0.3, -0.25) is 0 Å². The first-order chi connectivity index (χ1) is 11.9. The molecule has 25 heavy (non-hydrogen) atoms. The van der Waals surface area contributed by atoms with Gasteiger partial charge >= 0.3 is 0 Å². The molecule has 8 heteroatoms. The van der Waals surface area contributed by atoms with Gasteiger partial charge in [0, 0.05) is 34.3 Å². The lowest BCUT2D eigenvalue weighted by Gasteiger charge is -2.06. The number of nitrogens with zero attached hydrogens (tertiary/aromatic N) is 1. The molecule has 3 aromatic heterocycles. The van der Waals surface area contributed by atoms with Gasteiger partial charge in [0.1, 0.15) is 9.86 Å². The van der Waals surface area contributed by atoms with Gasteiger partial charge in [-0.15, -0.1) is 11.3 Å². The Hall–Kier alpha value is -1.74. The lowest BCUT2D eigenvalue weighted by Crippen LogP contribution is -2.30. The molecule has 3 N–H and O–H groups in total. The van der Waals surface area contributed by atoms with Gasteiger partial charge in [-0.2, -0.15) is 0 Å². The highest BCUT2D eigenvalue weighted by atomic mass is 32.2. The Morgan fingerprint density at radius 3 is 2.92 bits per heavy atom. The Labute approximate surface area is 150 Å². The molecule has 1 fully saturated rings. The number of aliphatic hydroxyl groups excluding tert-OH is 1. The zero-order chi connectivity index (χ0) is 17.6. The van der Waals surface area contributed by atoms with E-state index in [1.54, 1.807) is 19.2 Å². The maximum atomic E-state index is 12.3. The largest absolute Gasteiger partial charge is 0.392 e. The molecular weight excluding hydrogens is 358 g/mol. The number of nitrogens with one attached hydrogen (secondary N) is 2. The monoisotopic (exact) mass is 377 g/mol. The number of thiophene rings is 1. The van der Waals surface area contributed by atoms with Gasteiger partial charge in [0.15, 0.2) is 0 Å². The van der Waals surface area contributed by atoms with Crippen molar-refractivity contribution < 1.29 is 13.5 Å². The van der Waals surface area contributed by atoms with Crippen molar-refractivity contribution in [1.29, 1.82) is 0 Å². The predicted molar refractivity (Wildman–Crippen MR) is 98.3 cm³/mol. The van der Waals surface area contributed by atoms with E-state index in [1.165, 1.54) is 29.9 Å². The van der Waals surface area contributed by atoms with Crippen molar-refractivity contribution in [3.05, 3.63) is 36.2 Å². The van der Waals surface area contributed by atoms with E-state index in [4.69, 9.17) is 0 Å². The van der Waals surface area contributed by atoms with E-state index < -0.39 is 16.1 Å². The summed E-state index contributed by atoms with van der Waals surface area (Å²) < 4.78 is 27.3. The number of hydrogen-bond acceptors (Lipinski definition) is 5. The third-order valence-electron chi connectivity index (χ3n) is 4.25. The van der Waals surface area contributed by atoms with Crippen LogP contribution in [0.4, 0.5) is 0 Å². The van der Waals surface area contributed by atoms with Crippen LogP contribution >= 0.6 is 11.3 Å². The minimum absolute atomic E-state index is 0.00235. The number of aromatic amines is 1. The van der Waals surface area contributed by atoms with Crippen molar-refractivity contribution >= 4 is 32.4 Å². The standard InChI is InChI=1S/C17H19N3O3S2/c1-10(21)9-19-25(22,23)16-5-4-15(24-16)12-6-7-18-17-13(12)8-14(20-17)11-2-3-11/h4-8,10-11,19,21H,2-3,9H2,1H3,(H,18,20). The van der Waals surface area contributed by atoms with Crippen LogP contribution in [0.2, 0.25) is 0 Å². The summed E-state index contributed by atoms with van der Waals surface area (Å²) in [6.07, 6.45) is 3.43. The van der Waals surface area contributed by atoms with Gasteiger partial charge in [-0.1, -0.05) is 0 Å². The first-order valence-electron chi connectivity index (χ1n) is 8.19. The van der Waals surface area contributed by atoms with Crippen LogP contribution in [0, 0.1) is 0 Å². The second-order valence-electron chi connectivity index (χ2n) is 6.44. The van der Waals surface area contributed by atoms with Crippen LogP contribution in [0.3, 0.4) is 0 Å². The van der Waals surface area contributed by atoms with E-state index in [9.17, 15) is 13.5 Å². The van der Waals surface area contributed by atoms with Crippen molar-refractivity contribution in [3.8, 4) is 10.4 Å². The Morgan fingerprint density at radius 1 is 1.40 bits per heavy atom. The summed E-state index contributed by atoms with van der Waals surface area (Å²) in [5.74, 6) is 0.603. The number of fused-ring (bicyclic) bond motifs is 1. The second-order valence-corrected chi connectivity index (χ2v) is 9.52. The molecule has 1 atom stereocenters. The SMILES string of the molecule is CC(O)CNS(=O)(=O)c1ccc(-c2ccnc3[nH]c(C4CC4)cc23)s1. The van der Waals surface area contributed by atoms with Crippen molar-refractivity contribution in [2.45, 2.75) is 36.0 Å². The van der Waals surface area contributed by atoms with Crippen molar-refractivity contribution in [2.75, 3.05) is 6.54 Å². The Kier molecular flexibility index (Phi) is 4.15. The highest BCUT2D eigenvalue weighted by molar-refractivity contribution is 7.91. The number of sulfonamides is 1. The summed E-state index contributed by atoms with van der Waals surface area (Å²) in [5.41, 5.74) is 3.03. The molecule has 4 rings (SSSR count). The van der Waals surface area contributed by atoms with Crippen molar-refractivity contribution in [2.24, 2.45) is 0 Å². The summed E-state index contributed by atoms with van der Waals surface area (Å²) in [5, 5.41) is 10.3. The van der Waals surface area contributed by atoms with Gasteiger partial charge in [0.2, 0.25) is 10.0 Å². The predicted octanol–water partition coefficient (Wildman–Crippen LogP) is 2.83. The zero-order valence-electron chi connectivity index (χ0n) is 13.7. The van der Waals surface area contributed by atoms with Gasteiger partial charge < -0.3 is 10.1 Å². The van der Waals surface area contributed by atoms with Crippen LogP contribution < -0.4 is 4.72 Å². The van der Waals surface area contributed by atoms with E-state index in [2.05, 4.69) is 20.8 Å². The molecule has 1 aliphatic carbocycles. The van der Waals surface area contributed by atoms with E-state index in [1.807, 2.05) is 12.1 Å². The summed E-state index contributed by atoms with van der Waals surface area (Å²) in [6.45, 7) is 1.54. The Balaban J connectivity index is 1.69. The fraction of sp³-hybridized carbons (Fsp3) is 0.353. The molecule has 3 aromatic rings. The van der Waals surface area contributed by atoms with Crippen molar-refractivity contribution in [1.82, 2.24) is 14.7 Å². The lowest BCUT2D eigenvalue weighted by molar-refractivity contribution is 0.198. The first kappa shape index (κ1) is 16.7. The van der Waals surface area contributed by atoms with Gasteiger partial charge in [-0.05, 0) is 49.9 Å². The summed E-state index contributed by atoms with van der Waals surface area (Å²) in [6, 6.07) is 7.47.